The molecule has 3 rings (SSSR count). The number of ether oxygens (including phenoxy) is 1. The van der Waals surface area contributed by atoms with E-state index in [-0.39, 0.29) is 18.2 Å². The molecule has 212 valence electrons. The average molecular weight is 552 g/mol. The third-order valence-corrected chi connectivity index (χ3v) is 6.50. The van der Waals surface area contributed by atoms with Crippen molar-refractivity contribution in [3.63, 3.8) is 0 Å². The number of aliphatic hydroxyl groups excluding tert-OH is 1. The van der Waals surface area contributed by atoms with E-state index in [1.807, 2.05) is 0 Å². The Morgan fingerprint density at radius 1 is 1.00 bits per heavy atom. The number of urea groups is 1. The first-order valence-corrected chi connectivity index (χ1v) is 12.5. The average Bonchev–Trinajstić information content (AvgIpc) is 2.85. The van der Waals surface area contributed by atoms with E-state index in [1.165, 1.54) is 12.1 Å². The summed E-state index contributed by atoms with van der Waals surface area (Å²) in [6.45, 7) is 4.05. The summed E-state index contributed by atoms with van der Waals surface area (Å²) in [6, 6.07) is 10.9. The van der Waals surface area contributed by atoms with E-state index in [0.717, 1.165) is 37.0 Å². The summed E-state index contributed by atoms with van der Waals surface area (Å²) in [5.74, 6) is -1.58. The van der Waals surface area contributed by atoms with Crippen LogP contribution >= 0.6 is 0 Å². The Bertz CT molecular complexity index is 1130. The zero-order valence-electron chi connectivity index (χ0n) is 21.6. The van der Waals surface area contributed by atoms with E-state index in [2.05, 4.69) is 29.2 Å². The molecule has 2 aromatic rings. The van der Waals surface area contributed by atoms with Crippen LogP contribution in [0.25, 0.3) is 0 Å². The van der Waals surface area contributed by atoms with E-state index in [1.54, 1.807) is 29.2 Å². The molecule has 1 fully saturated rings. The summed E-state index contributed by atoms with van der Waals surface area (Å²) in [4.78, 5) is 38.1. The van der Waals surface area contributed by atoms with Crippen molar-refractivity contribution in [3.05, 3.63) is 59.7 Å². The van der Waals surface area contributed by atoms with E-state index in [4.69, 9.17) is 5.11 Å². The molecular formula is C27H32F3N3O6. The fourth-order valence-electron chi connectivity index (χ4n) is 4.80. The molecule has 12 heteroatoms. The van der Waals surface area contributed by atoms with Crippen LogP contribution in [0.3, 0.4) is 0 Å². The minimum Gasteiger partial charge on any atom is -0.479 e. The predicted octanol–water partition coefficient (Wildman–Crippen LogP) is 4.62. The molecule has 0 saturated heterocycles. The number of benzene rings is 2. The van der Waals surface area contributed by atoms with Crippen molar-refractivity contribution >= 4 is 23.6 Å². The Kier molecular flexibility index (Phi) is 9.79. The van der Waals surface area contributed by atoms with Gasteiger partial charge in [-0.1, -0.05) is 26.0 Å². The number of carboxylic acids is 1. The van der Waals surface area contributed by atoms with Gasteiger partial charge in [0.25, 0.3) is 5.91 Å². The monoisotopic (exact) mass is 551 g/mol. The van der Waals surface area contributed by atoms with Gasteiger partial charge in [0, 0.05) is 23.8 Å². The molecule has 1 saturated carbocycles. The van der Waals surface area contributed by atoms with Crippen LogP contribution in [0.15, 0.2) is 48.5 Å². The molecule has 0 aliphatic heterocycles. The zero-order chi connectivity index (χ0) is 28.7. The summed E-state index contributed by atoms with van der Waals surface area (Å²) in [5.41, 5.74) is 1.31. The maximum atomic E-state index is 13.4. The maximum absolute atomic E-state index is 13.4. The second kappa shape index (κ2) is 12.8. The number of anilines is 1. The third kappa shape index (κ3) is 9.17. The molecule has 0 bridgehead atoms. The number of hydrogen-bond donors (Lipinski definition) is 4. The highest BCUT2D eigenvalue weighted by Crippen LogP contribution is 2.33. The van der Waals surface area contributed by atoms with Gasteiger partial charge in [-0.05, 0) is 73.1 Å². The molecule has 1 aliphatic carbocycles. The van der Waals surface area contributed by atoms with Crippen LogP contribution in [0.1, 0.15) is 49.0 Å². The predicted molar refractivity (Wildman–Crippen MR) is 136 cm³/mol. The quantitative estimate of drug-likeness (QED) is 0.360. The van der Waals surface area contributed by atoms with E-state index < -0.39 is 42.7 Å². The van der Waals surface area contributed by atoms with Gasteiger partial charge < -0.3 is 30.5 Å². The third-order valence-electron chi connectivity index (χ3n) is 6.50. The van der Waals surface area contributed by atoms with Crippen LogP contribution in [0, 0.1) is 11.8 Å². The van der Waals surface area contributed by atoms with Gasteiger partial charge >= 0.3 is 18.4 Å². The summed E-state index contributed by atoms with van der Waals surface area (Å²) < 4.78 is 41.2. The highest BCUT2D eigenvalue weighted by molar-refractivity contribution is 5.94. The molecule has 2 unspecified atom stereocenters. The second-order valence-electron chi connectivity index (χ2n) is 9.96. The molecule has 0 spiro atoms. The van der Waals surface area contributed by atoms with Gasteiger partial charge in [0.05, 0.1) is 6.54 Å². The van der Waals surface area contributed by atoms with Crippen molar-refractivity contribution < 1.29 is 42.5 Å². The number of alkyl halides is 3. The van der Waals surface area contributed by atoms with Crippen molar-refractivity contribution in [1.29, 1.82) is 0 Å². The molecule has 9 nitrogen and oxygen atoms in total. The Morgan fingerprint density at radius 2 is 1.59 bits per heavy atom. The lowest BCUT2D eigenvalue weighted by Gasteiger charge is -2.39. The SMILES string of the molecule is CC1CC(C)CC(N(Cc2ccc(C(=O)NC[C@@H](O)C(=O)O)cc2)C(=O)Nc2ccc(OC(F)(F)F)cc2)C1. The van der Waals surface area contributed by atoms with Gasteiger partial charge in [0.15, 0.2) is 6.10 Å². The Hall–Kier alpha value is -3.80. The van der Waals surface area contributed by atoms with Crippen molar-refractivity contribution in [2.75, 3.05) is 11.9 Å². The zero-order valence-corrected chi connectivity index (χ0v) is 21.6. The number of carbonyl (C=O) groups excluding carboxylic acids is 2. The number of aliphatic hydroxyl groups is 1. The number of hydrogen-bond acceptors (Lipinski definition) is 5. The highest BCUT2D eigenvalue weighted by Gasteiger charge is 2.32. The summed E-state index contributed by atoms with van der Waals surface area (Å²) in [7, 11) is 0. The normalized spacial score (nSPS) is 20.0. The number of aliphatic carboxylic acids is 1. The number of halogens is 3. The number of carboxylic acid groups (broad SMARTS) is 1. The van der Waals surface area contributed by atoms with Crippen LogP contribution < -0.4 is 15.4 Å². The molecule has 0 radical (unpaired) electrons. The molecule has 0 aromatic heterocycles. The molecule has 0 heterocycles. The smallest absolute Gasteiger partial charge is 0.479 e. The van der Waals surface area contributed by atoms with Gasteiger partial charge in [0.1, 0.15) is 5.75 Å². The van der Waals surface area contributed by atoms with Gasteiger partial charge in [-0.2, -0.15) is 0 Å². The lowest BCUT2D eigenvalue weighted by molar-refractivity contribution is -0.274. The minimum atomic E-state index is -4.81. The van der Waals surface area contributed by atoms with Crippen LogP contribution in [0.2, 0.25) is 0 Å². The molecule has 2 aromatic carbocycles. The highest BCUT2D eigenvalue weighted by atomic mass is 19.4. The topological polar surface area (TPSA) is 128 Å². The standard InChI is InChI=1S/C27H32F3N3O6/c1-16-11-17(2)13-21(12-16)33(26(38)32-20-7-9-22(10-8-20)39-27(28,29)30)15-18-3-5-19(6-4-18)24(35)31-14-23(34)25(36)37/h3-10,16-17,21,23,34H,11-15H2,1-2H3,(H,31,35)(H,32,38)(H,36,37)/t16?,17?,21?,23-/m1/s1. The fraction of sp³-hybridized carbons (Fsp3) is 0.444. The number of amides is 3. The first-order chi connectivity index (χ1) is 18.3. The Balaban J connectivity index is 1.72. The van der Waals surface area contributed by atoms with Crippen molar-refractivity contribution in [2.24, 2.45) is 11.8 Å². The Morgan fingerprint density at radius 3 is 2.13 bits per heavy atom. The molecule has 1 aliphatic rings. The number of nitrogens with one attached hydrogen (secondary N) is 2. The molecule has 39 heavy (non-hydrogen) atoms. The van der Waals surface area contributed by atoms with Gasteiger partial charge in [-0.25, -0.2) is 9.59 Å². The summed E-state index contributed by atoms with van der Waals surface area (Å²) in [6.07, 6.45) is -3.89. The Labute approximate surface area is 223 Å². The number of rotatable bonds is 9. The number of carbonyl (C=O) groups is 3. The van der Waals surface area contributed by atoms with Crippen molar-refractivity contribution in [1.82, 2.24) is 10.2 Å². The molecular weight excluding hydrogens is 519 g/mol. The number of nitrogens with zero attached hydrogens (tertiary/aromatic N) is 1. The molecule has 3 atom stereocenters. The van der Waals surface area contributed by atoms with Crippen molar-refractivity contribution in [2.45, 2.75) is 58.2 Å². The van der Waals surface area contributed by atoms with Gasteiger partial charge in [0.2, 0.25) is 0 Å². The van der Waals surface area contributed by atoms with Crippen LogP contribution in [-0.4, -0.2) is 58.1 Å². The lowest BCUT2D eigenvalue weighted by Crippen LogP contribution is -2.45. The maximum Gasteiger partial charge on any atom is 0.573 e. The molecule has 4 N–H and O–H groups in total. The van der Waals surface area contributed by atoms with Crippen LogP contribution in [0.4, 0.5) is 23.7 Å². The van der Waals surface area contributed by atoms with E-state index in [0.29, 0.717) is 17.5 Å². The second-order valence-corrected chi connectivity index (χ2v) is 9.96. The van der Waals surface area contributed by atoms with Crippen molar-refractivity contribution in [3.8, 4) is 5.75 Å². The molecule has 3 amide bonds. The van der Waals surface area contributed by atoms with E-state index in [9.17, 15) is 32.7 Å². The largest absolute Gasteiger partial charge is 0.573 e. The summed E-state index contributed by atoms with van der Waals surface area (Å²) in [5, 5.41) is 23.2. The first-order valence-electron chi connectivity index (χ1n) is 12.5. The van der Waals surface area contributed by atoms with E-state index >= 15 is 0 Å². The lowest BCUT2D eigenvalue weighted by atomic mass is 9.80. The van der Waals surface area contributed by atoms with Crippen LogP contribution in [-0.2, 0) is 11.3 Å². The van der Waals surface area contributed by atoms with Gasteiger partial charge in [-0.15, -0.1) is 13.2 Å². The summed E-state index contributed by atoms with van der Waals surface area (Å²) >= 11 is 0. The fourth-order valence-corrected chi connectivity index (χ4v) is 4.80. The minimum absolute atomic E-state index is 0.0722. The van der Waals surface area contributed by atoms with Gasteiger partial charge in [-0.3, -0.25) is 4.79 Å². The van der Waals surface area contributed by atoms with Crippen LogP contribution in [0.5, 0.6) is 5.75 Å². The first kappa shape index (κ1) is 29.8.